The molecule has 7 nitrogen and oxygen atoms in total. The Labute approximate surface area is 154 Å². The molecule has 1 aliphatic heterocycles. The van der Waals surface area contributed by atoms with Crippen molar-refractivity contribution in [2.24, 2.45) is 11.8 Å². The van der Waals surface area contributed by atoms with E-state index in [0.717, 1.165) is 43.1 Å². The lowest BCUT2D eigenvalue weighted by Gasteiger charge is -2.32. The Morgan fingerprint density at radius 2 is 2.23 bits per heavy atom. The second-order valence-electron chi connectivity index (χ2n) is 7.31. The Morgan fingerprint density at radius 3 is 2.92 bits per heavy atom. The first-order valence-corrected chi connectivity index (χ1v) is 9.32. The summed E-state index contributed by atoms with van der Waals surface area (Å²) in [5.74, 6) is 1.32. The van der Waals surface area contributed by atoms with Crippen LogP contribution in [0.25, 0.3) is 0 Å². The van der Waals surface area contributed by atoms with E-state index in [1.807, 2.05) is 11.6 Å². The third kappa shape index (κ3) is 4.59. The van der Waals surface area contributed by atoms with Gasteiger partial charge in [0.2, 0.25) is 5.91 Å². The first-order chi connectivity index (χ1) is 12.5. The maximum atomic E-state index is 12.6. The van der Waals surface area contributed by atoms with Crippen LogP contribution >= 0.6 is 0 Å². The lowest BCUT2D eigenvalue weighted by molar-refractivity contribution is -0.125. The monoisotopic (exact) mass is 356 g/mol. The summed E-state index contributed by atoms with van der Waals surface area (Å²) in [5, 5.41) is 7.62. The van der Waals surface area contributed by atoms with Crippen LogP contribution in [0.1, 0.15) is 31.2 Å². The summed E-state index contributed by atoms with van der Waals surface area (Å²) in [4.78, 5) is 23.2. The maximum absolute atomic E-state index is 12.6. The molecule has 140 valence electrons. The largest absolute Gasteiger partial charge is 0.355 e. The number of aromatic nitrogens is 4. The average molecular weight is 356 g/mol. The Kier molecular flexibility index (Phi) is 5.85. The van der Waals surface area contributed by atoms with Gasteiger partial charge in [-0.2, -0.15) is 5.10 Å². The highest BCUT2D eigenvalue weighted by molar-refractivity contribution is 5.79. The van der Waals surface area contributed by atoms with Crippen LogP contribution < -0.4 is 10.2 Å². The van der Waals surface area contributed by atoms with E-state index in [4.69, 9.17) is 0 Å². The van der Waals surface area contributed by atoms with Crippen molar-refractivity contribution in [1.82, 2.24) is 25.1 Å². The van der Waals surface area contributed by atoms with Crippen LogP contribution in [0.5, 0.6) is 0 Å². The molecule has 3 rings (SSSR count). The standard InChI is InChI=1S/C19H28N6O/c1-14(12-25-16(3)9-15(2)23-25)10-22-19(26)17-5-4-8-24(13-17)18-11-20-6-7-21-18/h6-7,9,11,14,17H,4-5,8,10,12-13H2,1-3H3,(H,22,26)/t14-,17-/m0/s1. The summed E-state index contributed by atoms with van der Waals surface area (Å²) in [6, 6.07) is 2.08. The molecule has 26 heavy (non-hydrogen) atoms. The molecular formula is C19H28N6O. The van der Waals surface area contributed by atoms with Gasteiger partial charge in [0.05, 0.1) is 17.8 Å². The van der Waals surface area contributed by atoms with Crippen molar-refractivity contribution in [3.63, 3.8) is 0 Å². The van der Waals surface area contributed by atoms with Crippen molar-refractivity contribution in [1.29, 1.82) is 0 Å². The first-order valence-electron chi connectivity index (χ1n) is 9.32. The topological polar surface area (TPSA) is 75.9 Å². The van der Waals surface area contributed by atoms with Gasteiger partial charge >= 0.3 is 0 Å². The van der Waals surface area contributed by atoms with Gasteiger partial charge in [0, 0.05) is 44.3 Å². The Balaban J connectivity index is 1.49. The van der Waals surface area contributed by atoms with Gasteiger partial charge in [-0.15, -0.1) is 0 Å². The Morgan fingerprint density at radius 1 is 1.38 bits per heavy atom. The van der Waals surface area contributed by atoms with E-state index >= 15 is 0 Å². The quantitative estimate of drug-likeness (QED) is 0.856. The van der Waals surface area contributed by atoms with Gasteiger partial charge in [-0.1, -0.05) is 6.92 Å². The number of nitrogens with one attached hydrogen (secondary N) is 1. The molecule has 0 bridgehead atoms. The van der Waals surface area contributed by atoms with Gasteiger partial charge in [0.15, 0.2) is 0 Å². The fraction of sp³-hybridized carbons (Fsp3) is 0.579. The van der Waals surface area contributed by atoms with E-state index in [-0.39, 0.29) is 11.8 Å². The van der Waals surface area contributed by atoms with Crippen LogP contribution in [0.15, 0.2) is 24.7 Å². The van der Waals surface area contributed by atoms with E-state index < -0.39 is 0 Å². The summed E-state index contributed by atoms with van der Waals surface area (Å²) in [5.41, 5.74) is 2.19. The summed E-state index contributed by atoms with van der Waals surface area (Å²) in [6.07, 6.45) is 7.04. The molecule has 1 fully saturated rings. The van der Waals surface area contributed by atoms with Gasteiger partial charge < -0.3 is 10.2 Å². The van der Waals surface area contributed by atoms with E-state index in [9.17, 15) is 4.79 Å². The van der Waals surface area contributed by atoms with Crippen LogP contribution in [-0.4, -0.2) is 45.3 Å². The van der Waals surface area contributed by atoms with Crippen molar-refractivity contribution in [3.8, 4) is 0 Å². The average Bonchev–Trinajstić information content (AvgIpc) is 2.97. The molecule has 0 saturated carbocycles. The lowest BCUT2D eigenvalue weighted by Crippen LogP contribution is -2.44. The Bertz CT molecular complexity index is 729. The molecule has 1 amide bonds. The molecular weight excluding hydrogens is 328 g/mol. The molecule has 0 unspecified atom stereocenters. The van der Waals surface area contributed by atoms with Crippen molar-refractivity contribution in [2.45, 2.75) is 40.2 Å². The smallest absolute Gasteiger partial charge is 0.224 e. The third-order valence-electron chi connectivity index (χ3n) is 4.88. The Hall–Kier alpha value is -2.44. The molecule has 1 aliphatic rings. The van der Waals surface area contributed by atoms with E-state index in [1.54, 1.807) is 18.6 Å². The van der Waals surface area contributed by atoms with Crippen molar-refractivity contribution < 1.29 is 4.79 Å². The second kappa shape index (κ2) is 8.29. The third-order valence-corrected chi connectivity index (χ3v) is 4.88. The maximum Gasteiger partial charge on any atom is 0.224 e. The van der Waals surface area contributed by atoms with Gasteiger partial charge in [0.1, 0.15) is 5.82 Å². The fourth-order valence-corrected chi connectivity index (χ4v) is 3.49. The molecule has 1 saturated heterocycles. The molecule has 0 aliphatic carbocycles. The SMILES string of the molecule is Cc1cc(C)n(C[C@@H](C)CNC(=O)[C@H]2CCCN(c3cnccn3)C2)n1. The summed E-state index contributed by atoms with van der Waals surface area (Å²) >= 11 is 0. The van der Waals surface area contributed by atoms with Crippen molar-refractivity contribution in [2.75, 3.05) is 24.5 Å². The van der Waals surface area contributed by atoms with Gasteiger partial charge in [-0.05, 0) is 38.7 Å². The molecule has 0 radical (unpaired) electrons. The minimum Gasteiger partial charge on any atom is -0.355 e. The molecule has 0 spiro atoms. The predicted octanol–water partition coefficient (Wildman–Crippen LogP) is 1.96. The second-order valence-corrected chi connectivity index (χ2v) is 7.31. The molecule has 2 aromatic rings. The first kappa shape index (κ1) is 18.4. The van der Waals surface area contributed by atoms with Gasteiger partial charge in [-0.3, -0.25) is 14.5 Å². The zero-order valence-corrected chi connectivity index (χ0v) is 15.9. The van der Waals surface area contributed by atoms with E-state index in [2.05, 4.69) is 45.2 Å². The van der Waals surface area contributed by atoms with Gasteiger partial charge in [0.25, 0.3) is 0 Å². The zero-order chi connectivity index (χ0) is 18.5. The van der Waals surface area contributed by atoms with Gasteiger partial charge in [-0.25, -0.2) is 4.98 Å². The normalized spacial score (nSPS) is 18.6. The summed E-state index contributed by atoms with van der Waals surface area (Å²) in [7, 11) is 0. The fourth-order valence-electron chi connectivity index (χ4n) is 3.49. The number of nitrogens with zero attached hydrogens (tertiary/aromatic N) is 5. The molecule has 1 N–H and O–H groups in total. The highest BCUT2D eigenvalue weighted by atomic mass is 16.1. The van der Waals surface area contributed by atoms with Crippen molar-refractivity contribution >= 4 is 11.7 Å². The summed E-state index contributed by atoms with van der Waals surface area (Å²) in [6.45, 7) is 9.32. The molecule has 7 heteroatoms. The van der Waals surface area contributed by atoms with Crippen LogP contribution in [0.3, 0.4) is 0 Å². The number of carbonyl (C=O) groups excluding carboxylic acids is 1. The highest BCUT2D eigenvalue weighted by Crippen LogP contribution is 2.21. The summed E-state index contributed by atoms with van der Waals surface area (Å²) < 4.78 is 2.02. The molecule has 3 heterocycles. The lowest BCUT2D eigenvalue weighted by atomic mass is 9.97. The van der Waals surface area contributed by atoms with Crippen LogP contribution in [0.4, 0.5) is 5.82 Å². The number of amides is 1. The van der Waals surface area contributed by atoms with Crippen molar-refractivity contribution in [3.05, 3.63) is 36.0 Å². The number of rotatable bonds is 6. The van der Waals surface area contributed by atoms with Crippen LogP contribution in [0, 0.1) is 25.7 Å². The number of piperidine rings is 1. The number of hydrogen-bond acceptors (Lipinski definition) is 5. The predicted molar refractivity (Wildman–Crippen MR) is 101 cm³/mol. The molecule has 0 aromatic carbocycles. The van der Waals surface area contributed by atoms with E-state index in [1.165, 1.54) is 0 Å². The zero-order valence-electron chi connectivity index (χ0n) is 15.9. The number of hydrogen-bond donors (Lipinski definition) is 1. The minimum absolute atomic E-state index is 0.00615. The number of carbonyl (C=O) groups is 1. The van der Waals surface area contributed by atoms with Crippen LogP contribution in [-0.2, 0) is 11.3 Å². The number of aryl methyl sites for hydroxylation is 2. The minimum atomic E-state index is 0.00615. The molecule has 2 aromatic heterocycles. The molecule has 2 atom stereocenters. The van der Waals surface area contributed by atoms with E-state index in [0.29, 0.717) is 19.0 Å². The van der Waals surface area contributed by atoms with Crippen LogP contribution in [0.2, 0.25) is 0 Å². The highest BCUT2D eigenvalue weighted by Gasteiger charge is 2.26. The number of anilines is 1.